The standard InChI is InChI=1S/C12H15N3O/c1-7-4-8(2)12(10(5-7)16-3)9-6-11(13)15-14-9/h4-6H,1-3H3,(H3,13,14,15). The number of rotatable bonds is 2. The summed E-state index contributed by atoms with van der Waals surface area (Å²) in [5.74, 6) is 1.32. The van der Waals surface area contributed by atoms with Crippen LogP contribution in [-0.4, -0.2) is 17.3 Å². The first kappa shape index (κ1) is 10.5. The minimum absolute atomic E-state index is 0.483. The lowest BCUT2D eigenvalue weighted by Gasteiger charge is -2.11. The number of hydrogen-bond acceptors (Lipinski definition) is 3. The summed E-state index contributed by atoms with van der Waals surface area (Å²) in [7, 11) is 1.66. The molecular formula is C12H15N3O. The number of nitrogens with one attached hydrogen (secondary N) is 1. The number of ether oxygens (including phenoxy) is 1. The van der Waals surface area contributed by atoms with E-state index in [1.165, 1.54) is 5.56 Å². The van der Waals surface area contributed by atoms with Crippen LogP contribution in [0.3, 0.4) is 0 Å². The number of hydrogen-bond donors (Lipinski definition) is 2. The number of H-pyrrole nitrogens is 1. The van der Waals surface area contributed by atoms with Gasteiger partial charge in [0.2, 0.25) is 0 Å². The van der Waals surface area contributed by atoms with Gasteiger partial charge in [0.1, 0.15) is 11.6 Å². The Morgan fingerprint density at radius 2 is 2.00 bits per heavy atom. The number of aromatic nitrogens is 2. The van der Waals surface area contributed by atoms with Gasteiger partial charge in [0.25, 0.3) is 0 Å². The average molecular weight is 217 g/mol. The topological polar surface area (TPSA) is 63.9 Å². The van der Waals surface area contributed by atoms with Crippen molar-refractivity contribution in [2.24, 2.45) is 0 Å². The van der Waals surface area contributed by atoms with Crippen molar-refractivity contribution in [3.63, 3.8) is 0 Å². The van der Waals surface area contributed by atoms with Gasteiger partial charge in [-0.25, -0.2) is 0 Å². The SMILES string of the molecule is COc1cc(C)cc(C)c1-c1cc(N)n[nH]1. The molecule has 4 heteroatoms. The molecule has 2 rings (SSSR count). The average Bonchev–Trinajstić information content (AvgIpc) is 2.63. The first-order chi connectivity index (χ1) is 7.61. The molecule has 16 heavy (non-hydrogen) atoms. The molecule has 0 aliphatic rings. The lowest BCUT2D eigenvalue weighted by Crippen LogP contribution is -1.92. The van der Waals surface area contributed by atoms with Gasteiger partial charge in [0.15, 0.2) is 0 Å². The van der Waals surface area contributed by atoms with Crippen molar-refractivity contribution in [1.29, 1.82) is 0 Å². The van der Waals surface area contributed by atoms with E-state index in [2.05, 4.69) is 16.3 Å². The van der Waals surface area contributed by atoms with Crippen LogP contribution in [-0.2, 0) is 0 Å². The molecule has 0 amide bonds. The van der Waals surface area contributed by atoms with E-state index in [9.17, 15) is 0 Å². The van der Waals surface area contributed by atoms with Crippen LogP contribution in [0, 0.1) is 13.8 Å². The van der Waals surface area contributed by atoms with E-state index in [1.54, 1.807) is 13.2 Å². The van der Waals surface area contributed by atoms with Crippen molar-refractivity contribution >= 4 is 5.82 Å². The Morgan fingerprint density at radius 1 is 1.25 bits per heavy atom. The van der Waals surface area contributed by atoms with Crippen LogP contribution in [0.2, 0.25) is 0 Å². The molecule has 84 valence electrons. The van der Waals surface area contributed by atoms with Gasteiger partial charge in [-0.3, -0.25) is 5.10 Å². The van der Waals surface area contributed by atoms with Crippen LogP contribution < -0.4 is 10.5 Å². The normalized spacial score (nSPS) is 10.4. The first-order valence-electron chi connectivity index (χ1n) is 5.08. The van der Waals surface area contributed by atoms with Gasteiger partial charge in [-0.15, -0.1) is 0 Å². The van der Waals surface area contributed by atoms with Gasteiger partial charge in [-0.05, 0) is 31.0 Å². The molecule has 1 aromatic carbocycles. The number of nitrogen functional groups attached to an aromatic ring is 1. The van der Waals surface area contributed by atoms with E-state index in [1.807, 2.05) is 19.9 Å². The minimum Gasteiger partial charge on any atom is -0.496 e. The molecule has 0 unspecified atom stereocenters. The monoisotopic (exact) mass is 217 g/mol. The highest BCUT2D eigenvalue weighted by Gasteiger charge is 2.12. The van der Waals surface area contributed by atoms with E-state index in [0.717, 1.165) is 22.6 Å². The fourth-order valence-corrected chi connectivity index (χ4v) is 1.90. The van der Waals surface area contributed by atoms with Gasteiger partial charge in [0.05, 0.1) is 12.8 Å². The van der Waals surface area contributed by atoms with Crippen LogP contribution in [0.15, 0.2) is 18.2 Å². The Labute approximate surface area is 94.4 Å². The van der Waals surface area contributed by atoms with E-state index in [4.69, 9.17) is 10.5 Å². The Balaban J connectivity index is 2.63. The Hall–Kier alpha value is -1.97. The maximum Gasteiger partial charge on any atom is 0.145 e. The molecule has 0 aliphatic carbocycles. The molecular weight excluding hydrogens is 202 g/mol. The second-order valence-electron chi connectivity index (χ2n) is 3.87. The predicted molar refractivity (Wildman–Crippen MR) is 64.5 cm³/mol. The van der Waals surface area contributed by atoms with Gasteiger partial charge in [-0.1, -0.05) is 6.07 Å². The maximum absolute atomic E-state index is 5.60. The molecule has 2 aromatic rings. The smallest absolute Gasteiger partial charge is 0.145 e. The number of anilines is 1. The van der Waals surface area contributed by atoms with Crippen LogP contribution >= 0.6 is 0 Å². The van der Waals surface area contributed by atoms with Crippen molar-refractivity contribution < 1.29 is 4.74 Å². The van der Waals surface area contributed by atoms with Crippen molar-refractivity contribution in [3.05, 3.63) is 29.3 Å². The molecule has 0 bridgehead atoms. The summed E-state index contributed by atoms with van der Waals surface area (Å²) in [6.45, 7) is 4.09. The number of aromatic amines is 1. The number of aryl methyl sites for hydroxylation is 2. The van der Waals surface area contributed by atoms with Crippen molar-refractivity contribution in [1.82, 2.24) is 10.2 Å². The Morgan fingerprint density at radius 3 is 2.56 bits per heavy atom. The van der Waals surface area contributed by atoms with Gasteiger partial charge >= 0.3 is 0 Å². The van der Waals surface area contributed by atoms with Crippen molar-refractivity contribution in [3.8, 4) is 17.0 Å². The summed E-state index contributed by atoms with van der Waals surface area (Å²) in [5.41, 5.74) is 9.81. The zero-order valence-electron chi connectivity index (χ0n) is 9.66. The summed E-state index contributed by atoms with van der Waals surface area (Å²) in [4.78, 5) is 0. The second kappa shape index (κ2) is 3.89. The lowest BCUT2D eigenvalue weighted by molar-refractivity contribution is 0.415. The molecule has 0 aliphatic heterocycles. The zero-order chi connectivity index (χ0) is 11.7. The van der Waals surface area contributed by atoms with Crippen LogP contribution in [0.25, 0.3) is 11.3 Å². The zero-order valence-corrected chi connectivity index (χ0v) is 9.66. The summed E-state index contributed by atoms with van der Waals surface area (Å²) in [5, 5.41) is 6.83. The van der Waals surface area contributed by atoms with E-state index >= 15 is 0 Å². The van der Waals surface area contributed by atoms with Gasteiger partial charge in [0, 0.05) is 11.6 Å². The van der Waals surface area contributed by atoms with E-state index in [0.29, 0.717) is 5.82 Å². The molecule has 3 N–H and O–H groups in total. The number of methoxy groups -OCH3 is 1. The highest BCUT2D eigenvalue weighted by molar-refractivity contribution is 5.73. The van der Waals surface area contributed by atoms with E-state index < -0.39 is 0 Å². The maximum atomic E-state index is 5.60. The third kappa shape index (κ3) is 1.74. The molecule has 1 heterocycles. The summed E-state index contributed by atoms with van der Waals surface area (Å²) < 4.78 is 5.38. The predicted octanol–water partition coefficient (Wildman–Crippen LogP) is 2.28. The van der Waals surface area contributed by atoms with Crippen molar-refractivity contribution in [2.75, 3.05) is 12.8 Å². The summed E-state index contributed by atoms with van der Waals surface area (Å²) in [6.07, 6.45) is 0. The highest BCUT2D eigenvalue weighted by atomic mass is 16.5. The molecule has 0 saturated carbocycles. The Kier molecular flexibility index (Phi) is 2.56. The molecule has 1 aromatic heterocycles. The number of nitrogens with zero attached hydrogens (tertiary/aromatic N) is 1. The molecule has 0 fully saturated rings. The fraction of sp³-hybridized carbons (Fsp3) is 0.250. The van der Waals surface area contributed by atoms with Crippen LogP contribution in [0.5, 0.6) is 5.75 Å². The van der Waals surface area contributed by atoms with Gasteiger partial charge < -0.3 is 10.5 Å². The highest BCUT2D eigenvalue weighted by Crippen LogP contribution is 2.33. The van der Waals surface area contributed by atoms with Gasteiger partial charge in [-0.2, -0.15) is 5.10 Å². The third-order valence-electron chi connectivity index (χ3n) is 2.53. The number of nitrogens with two attached hydrogens (primary N) is 1. The molecule has 4 nitrogen and oxygen atoms in total. The summed E-state index contributed by atoms with van der Waals surface area (Å²) in [6, 6.07) is 5.91. The third-order valence-corrected chi connectivity index (χ3v) is 2.53. The minimum atomic E-state index is 0.483. The second-order valence-corrected chi connectivity index (χ2v) is 3.87. The lowest BCUT2D eigenvalue weighted by atomic mass is 10.0. The van der Waals surface area contributed by atoms with Crippen molar-refractivity contribution in [2.45, 2.75) is 13.8 Å². The molecule has 0 spiro atoms. The van der Waals surface area contributed by atoms with Crippen LogP contribution in [0.4, 0.5) is 5.82 Å². The molecule has 0 atom stereocenters. The van der Waals surface area contributed by atoms with E-state index in [-0.39, 0.29) is 0 Å². The summed E-state index contributed by atoms with van der Waals surface area (Å²) >= 11 is 0. The Bertz CT molecular complexity index is 517. The number of benzene rings is 1. The molecule has 0 radical (unpaired) electrons. The quantitative estimate of drug-likeness (QED) is 0.811. The fourth-order valence-electron chi connectivity index (χ4n) is 1.90. The molecule has 0 saturated heterocycles. The van der Waals surface area contributed by atoms with Crippen LogP contribution in [0.1, 0.15) is 11.1 Å². The largest absolute Gasteiger partial charge is 0.496 e. The first-order valence-corrected chi connectivity index (χ1v) is 5.08.